The van der Waals surface area contributed by atoms with Crippen molar-refractivity contribution in [2.75, 3.05) is 7.11 Å². The van der Waals surface area contributed by atoms with Crippen molar-refractivity contribution in [1.82, 2.24) is 0 Å². The second-order valence-corrected chi connectivity index (χ2v) is 5.71. The number of carbonyl (C=O) groups excluding carboxylic acids is 1. The first-order valence-corrected chi connectivity index (χ1v) is 7.78. The molecule has 1 aliphatic rings. The Bertz CT molecular complexity index is 436. The summed E-state index contributed by atoms with van der Waals surface area (Å²) in [5.41, 5.74) is 6.77. The van der Waals surface area contributed by atoms with Crippen LogP contribution >= 0.6 is 0 Å². The molecule has 1 aromatic rings. The molecule has 0 spiro atoms. The Labute approximate surface area is 126 Å². The van der Waals surface area contributed by atoms with Crippen LogP contribution in [0.15, 0.2) is 24.3 Å². The van der Waals surface area contributed by atoms with E-state index in [1.807, 2.05) is 24.3 Å². The maximum Gasteiger partial charge on any atom is 0.322 e. The van der Waals surface area contributed by atoms with E-state index in [0.29, 0.717) is 12.5 Å². The molecule has 4 nitrogen and oxygen atoms in total. The average Bonchev–Trinajstić information content (AvgIpc) is 2.77. The molecule has 0 radical (unpaired) electrons. The van der Waals surface area contributed by atoms with E-state index in [0.717, 1.165) is 24.2 Å². The molecule has 21 heavy (non-hydrogen) atoms. The zero-order valence-electron chi connectivity index (χ0n) is 12.7. The molecule has 1 saturated carbocycles. The lowest BCUT2D eigenvalue weighted by atomic mass is 10.1. The summed E-state index contributed by atoms with van der Waals surface area (Å²) in [6, 6.07) is 7.25. The van der Waals surface area contributed by atoms with E-state index in [2.05, 4.69) is 4.74 Å². The molecule has 2 N–H and O–H groups in total. The molecule has 0 aliphatic heterocycles. The van der Waals surface area contributed by atoms with Crippen LogP contribution in [-0.2, 0) is 16.0 Å². The van der Waals surface area contributed by atoms with Gasteiger partial charge in [-0.05, 0) is 49.8 Å². The van der Waals surface area contributed by atoms with Crippen LogP contribution in [0.4, 0.5) is 0 Å². The fourth-order valence-corrected chi connectivity index (χ4v) is 2.74. The van der Waals surface area contributed by atoms with E-state index < -0.39 is 6.04 Å². The van der Waals surface area contributed by atoms with Gasteiger partial charge in [-0.15, -0.1) is 0 Å². The van der Waals surface area contributed by atoms with Gasteiger partial charge in [0.15, 0.2) is 0 Å². The normalized spacial score (nSPS) is 17.8. The van der Waals surface area contributed by atoms with Gasteiger partial charge < -0.3 is 15.2 Å². The number of methoxy groups -OCH3 is 1. The topological polar surface area (TPSA) is 61.5 Å². The molecule has 0 saturated heterocycles. The number of hydrogen-bond donors (Lipinski definition) is 1. The van der Waals surface area contributed by atoms with Crippen molar-refractivity contribution in [2.24, 2.45) is 5.73 Å². The third kappa shape index (κ3) is 5.05. The van der Waals surface area contributed by atoms with Gasteiger partial charge in [0.1, 0.15) is 11.8 Å². The highest BCUT2D eigenvalue weighted by atomic mass is 16.5. The SMILES string of the molecule is COC(=O)C(N)Cc1ccc(OC2CCCCCC2)cc1. The van der Waals surface area contributed by atoms with Gasteiger partial charge in [0.2, 0.25) is 0 Å². The van der Waals surface area contributed by atoms with Crippen molar-refractivity contribution < 1.29 is 14.3 Å². The summed E-state index contributed by atoms with van der Waals surface area (Å²) < 4.78 is 10.7. The first kappa shape index (κ1) is 15.8. The van der Waals surface area contributed by atoms with Crippen LogP contribution in [0.1, 0.15) is 44.1 Å². The average molecular weight is 291 g/mol. The van der Waals surface area contributed by atoms with Gasteiger partial charge in [-0.1, -0.05) is 25.0 Å². The summed E-state index contributed by atoms with van der Waals surface area (Å²) in [5, 5.41) is 0. The van der Waals surface area contributed by atoms with Crippen LogP contribution < -0.4 is 10.5 Å². The van der Waals surface area contributed by atoms with Crippen LogP contribution in [0.3, 0.4) is 0 Å². The van der Waals surface area contributed by atoms with Crippen molar-refractivity contribution in [3.05, 3.63) is 29.8 Å². The second-order valence-electron chi connectivity index (χ2n) is 5.71. The van der Waals surface area contributed by atoms with Crippen LogP contribution in [0.2, 0.25) is 0 Å². The summed E-state index contributed by atoms with van der Waals surface area (Å²) in [5.74, 6) is 0.520. The van der Waals surface area contributed by atoms with Crippen molar-refractivity contribution in [2.45, 2.75) is 57.1 Å². The van der Waals surface area contributed by atoms with Gasteiger partial charge in [-0.2, -0.15) is 0 Å². The molecule has 0 bridgehead atoms. The fraction of sp³-hybridized carbons (Fsp3) is 0.588. The summed E-state index contributed by atoms with van der Waals surface area (Å²) in [6.07, 6.45) is 8.29. The first-order chi connectivity index (χ1) is 10.2. The molecule has 0 heterocycles. The van der Waals surface area contributed by atoms with Gasteiger partial charge >= 0.3 is 5.97 Å². The Hall–Kier alpha value is -1.55. The Morgan fingerprint density at radius 3 is 2.38 bits per heavy atom. The summed E-state index contributed by atoms with van der Waals surface area (Å²) in [7, 11) is 1.35. The van der Waals surface area contributed by atoms with Gasteiger partial charge in [0.05, 0.1) is 13.2 Å². The largest absolute Gasteiger partial charge is 0.490 e. The number of benzene rings is 1. The lowest BCUT2D eigenvalue weighted by molar-refractivity contribution is -0.142. The zero-order chi connectivity index (χ0) is 15.1. The monoisotopic (exact) mass is 291 g/mol. The lowest BCUT2D eigenvalue weighted by Gasteiger charge is -2.17. The quantitative estimate of drug-likeness (QED) is 0.669. The number of rotatable bonds is 5. The second kappa shape index (κ2) is 8.03. The number of ether oxygens (including phenoxy) is 2. The molecule has 0 amide bonds. The van der Waals surface area contributed by atoms with E-state index in [1.165, 1.54) is 32.8 Å². The Morgan fingerprint density at radius 2 is 1.81 bits per heavy atom. The molecular weight excluding hydrogens is 266 g/mol. The van der Waals surface area contributed by atoms with Gasteiger partial charge in [-0.3, -0.25) is 4.79 Å². The van der Waals surface area contributed by atoms with Crippen molar-refractivity contribution >= 4 is 5.97 Å². The third-order valence-corrected chi connectivity index (χ3v) is 3.99. The van der Waals surface area contributed by atoms with Gasteiger partial charge in [-0.25, -0.2) is 0 Å². The van der Waals surface area contributed by atoms with Gasteiger partial charge in [0, 0.05) is 0 Å². The molecule has 1 atom stereocenters. The Balaban J connectivity index is 1.87. The van der Waals surface area contributed by atoms with Crippen molar-refractivity contribution in [1.29, 1.82) is 0 Å². The third-order valence-electron chi connectivity index (χ3n) is 3.99. The van der Waals surface area contributed by atoms with E-state index in [1.54, 1.807) is 0 Å². The molecule has 4 heteroatoms. The zero-order valence-corrected chi connectivity index (χ0v) is 12.7. The van der Waals surface area contributed by atoms with Crippen molar-refractivity contribution in [3.63, 3.8) is 0 Å². The minimum absolute atomic E-state index is 0.343. The van der Waals surface area contributed by atoms with Gasteiger partial charge in [0.25, 0.3) is 0 Å². The molecule has 1 aliphatic carbocycles. The summed E-state index contributed by atoms with van der Waals surface area (Å²) >= 11 is 0. The van der Waals surface area contributed by atoms with Crippen LogP contribution in [-0.4, -0.2) is 25.2 Å². The minimum Gasteiger partial charge on any atom is -0.490 e. The number of esters is 1. The standard InChI is InChI=1S/C17H25NO3/c1-20-17(19)16(18)12-13-8-10-15(11-9-13)21-14-6-4-2-3-5-7-14/h8-11,14,16H,2-7,12,18H2,1H3. The number of nitrogens with two attached hydrogens (primary N) is 1. The highest BCUT2D eigenvalue weighted by Gasteiger charge is 2.15. The summed E-state index contributed by atoms with van der Waals surface area (Å²) in [6.45, 7) is 0. The molecule has 1 fully saturated rings. The van der Waals surface area contributed by atoms with E-state index in [-0.39, 0.29) is 5.97 Å². The van der Waals surface area contributed by atoms with Crippen LogP contribution in [0.25, 0.3) is 0 Å². The maximum absolute atomic E-state index is 11.3. The molecule has 1 aromatic carbocycles. The molecular formula is C17H25NO3. The molecule has 1 unspecified atom stereocenters. The Morgan fingerprint density at radius 1 is 1.19 bits per heavy atom. The number of carbonyl (C=O) groups is 1. The predicted octanol–water partition coefficient (Wildman–Crippen LogP) is 2.83. The van der Waals surface area contributed by atoms with Crippen LogP contribution in [0, 0.1) is 0 Å². The Kier molecular flexibility index (Phi) is 6.05. The first-order valence-electron chi connectivity index (χ1n) is 7.78. The molecule has 0 aromatic heterocycles. The predicted molar refractivity (Wildman–Crippen MR) is 82.3 cm³/mol. The lowest BCUT2D eigenvalue weighted by Crippen LogP contribution is -2.33. The van der Waals surface area contributed by atoms with E-state index in [4.69, 9.17) is 10.5 Å². The number of hydrogen-bond acceptors (Lipinski definition) is 4. The highest BCUT2D eigenvalue weighted by molar-refractivity contribution is 5.75. The van der Waals surface area contributed by atoms with Crippen LogP contribution in [0.5, 0.6) is 5.75 Å². The smallest absolute Gasteiger partial charge is 0.322 e. The van der Waals surface area contributed by atoms with Crippen molar-refractivity contribution in [3.8, 4) is 5.75 Å². The fourth-order valence-electron chi connectivity index (χ4n) is 2.74. The van der Waals surface area contributed by atoms with E-state index in [9.17, 15) is 4.79 Å². The molecule has 116 valence electrons. The van der Waals surface area contributed by atoms with E-state index >= 15 is 0 Å². The summed E-state index contributed by atoms with van der Waals surface area (Å²) in [4.78, 5) is 11.3. The molecule has 2 rings (SSSR count). The maximum atomic E-state index is 11.3. The minimum atomic E-state index is -0.608. The highest BCUT2D eigenvalue weighted by Crippen LogP contribution is 2.23.